The Kier molecular flexibility index (Phi) is 8.02. The van der Waals surface area contributed by atoms with Crippen LogP contribution in [0.25, 0.3) is 0 Å². The zero-order valence-electron chi connectivity index (χ0n) is 13.8. The molecule has 1 aliphatic heterocycles. The second-order valence-corrected chi connectivity index (χ2v) is 6.15. The molecule has 25 heavy (non-hydrogen) atoms. The van der Waals surface area contributed by atoms with Crippen LogP contribution in [0, 0.1) is 6.92 Å². The molecule has 2 aromatic rings. The van der Waals surface area contributed by atoms with Gasteiger partial charge in [0.2, 0.25) is 0 Å². The van der Waals surface area contributed by atoms with Gasteiger partial charge in [0.15, 0.2) is 5.76 Å². The van der Waals surface area contributed by atoms with Crippen LogP contribution in [-0.4, -0.2) is 47.0 Å². The number of halogens is 3. The summed E-state index contributed by atoms with van der Waals surface area (Å²) in [6.45, 7) is 5.51. The Morgan fingerprint density at radius 1 is 1.24 bits per heavy atom. The van der Waals surface area contributed by atoms with Gasteiger partial charge in [-0.05, 0) is 25.1 Å². The lowest BCUT2D eigenvalue weighted by Gasteiger charge is -2.34. The predicted molar refractivity (Wildman–Crippen MR) is 103 cm³/mol. The maximum Gasteiger partial charge on any atom is 0.255 e. The van der Waals surface area contributed by atoms with Gasteiger partial charge in [0, 0.05) is 37.9 Å². The number of benzene rings is 1. The van der Waals surface area contributed by atoms with Crippen molar-refractivity contribution in [1.29, 1.82) is 0 Å². The van der Waals surface area contributed by atoms with E-state index < -0.39 is 0 Å². The summed E-state index contributed by atoms with van der Waals surface area (Å²) in [6.07, 6.45) is 0. The van der Waals surface area contributed by atoms with E-state index in [1.54, 1.807) is 18.2 Å². The highest BCUT2D eigenvalue weighted by atomic mass is 35.5. The Morgan fingerprint density at radius 2 is 1.92 bits per heavy atom. The highest BCUT2D eigenvalue weighted by Crippen LogP contribution is 2.21. The molecule has 1 aliphatic rings. The number of hydrogen-bond donors (Lipinski definition) is 1. The number of aromatic nitrogens is 1. The fourth-order valence-corrected chi connectivity index (χ4v) is 2.97. The highest BCUT2D eigenvalue weighted by molar-refractivity contribution is 6.34. The second kappa shape index (κ2) is 9.29. The predicted octanol–water partition coefficient (Wildman–Crippen LogP) is 3.02. The first kappa shape index (κ1) is 21.6. The first-order valence-electron chi connectivity index (χ1n) is 7.52. The molecule has 0 radical (unpaired) electrons. The molecule has 0 bridgehead atoms. The molecule has 1 aromatic carbocycles. The number of anilines is 1. The summed E-state index contributed by atoms with van der Waals surface area (Å²) >= 11 is 6.12. The summed E-state index contributed by atoms with van der Waals surface area (Å²) in [5.41, 5.74) is 7.61. The third-order valence-corrected chi connectivity index (χ3v) is 4.25. The number of carbonyl (C=O) groups excluding carboxylic acids is 1. The monoisotopic (exact) mass is 406 g/mol. The standard InChI is InChI=1S/C16H19ClN4O2.2ClH/c1-11-8-13(23-19-11)10-20-4-6-21(7-5-20)16(22)14-3-2-12(18)9-15(14)17;;/h2-3,8-9H,4-7,10,18H2,1H3;2*1H. The van der Waals surface area contributed by atoms with Crippen molar-refractivity contribution in [2.24, 2.45) is 0 Å². The summed E-state index contributed by atoms with van der Waals surface area (Å²) in [5, 5.41) is 4.29. The maximum absolute atomic E-state index is 12.6. The minimum absolute atomic E-state index is 0. The van der Waals surface area contributed by atoms with Crippen molar-refractivity contribution in [3.63, 3.8) is 0 Å². The number of nitrogens with two attached hydrogens (primary N) is 1. The lowest BCUT2D eigenvalue weighted by molar-refractivity contribution is 0.0617. The molecule has 1 fully saturated rings. The van der Waals surface area contributed by atoms with Crippen molar-refractivity contribution in [2.45, 2.75) is 13.5 Å². The smallest absolute Gasteiger partial charge is 0.255 e. The van der Waals surface area contributed by atoms with Crippen LogP contribution in [0.3, 0.4) is 0 Å². The van der Waals surface area contributed by atoms with Crippen LogP contribution in [0.5, 0.6) is 0 Å². The summed E-state index contributed by atoms with van der Waals surface area (Å²) < 4.78 is 5.24. The number of nitrogens with zero attached hydrogens (tertiary/aromatic N) is 3. The zero-order chi connectivity index (χ0) is 16.4. The van der Waals surface area contributed by atoms with Crippen molar-refractivity contribution < 1.29 is 9.32 Å². The fourth-order valence-electron chi connectivity index (χ4n) is 2.70. The first-order chi connectivity index (χ1) is 11.0. The van der Waals surface area contributed by atoms with Crippen LogP contribution in [0.15, 0.2) is 28.8 Å². The summed E-state index contributed by atoms with van der Waals surface area (Å²) in [6, 6.07) is 6.92. The van der Waals surface area contributed by atoms with Crippen molar-refractivity contribution >= 4 is 48.0 Å². The van der Waals surface area contributed by atoms with E-state index in [4.69, 9.17) is 21.9 Å². The van der Waals surface area contributed by atoms with E-state index in [9.17, 15) is 4.79 Å². The van der Waals surface area contributed by atoms with E-state index in [2.05, 4.69) is 10.1 Å². The van der Waals surface area contributed by atoms with Crippen LogP contribution in [0.1, 0.15) is 21.8 Å². The zero-order valence-corrected chi connectivity index (χ0v) is 16.2. The van der Waals surface area contributed by atoms with Crippen molar-refractivity contribution in [3.8, 4) is 0 Å². The van der Waals surface area contributed by atoms with Gasteiger partial charge in [-0.1, -0.05) is 16.8 Å². The summed E-state index contributed by atoms with van der Waals surface area (Å²) in [4.78, 5) is 16.6. The number of amides is 1. The molecule has 2 heterocycles. The molecule has 2 N–H and O–H groups in total. The number of hydrogen-bond acceptors (Lipinski definition) is 5. The van der Waals surface area contributed by atoms with E-state index in [-0.39, 0.29) is 30.7 Å². The lowest BCUT2D eigenvalue weighted by Crippen LogP contribution is -2.48. The molecule has 1 aromatic heterocycles. The highest BCUT2D eigenvalue weighted by Gasteiger charge is 2.24. The van der Waals surface area contributed by atoms with Gasteiger partial charge in [-0.2, -0.15) is 0 Å². The van der Waals surface area contributed by atoms with Crippen molar-refractivity contribution in [3.05, 3.63) is 46.3 Å². The van der Waals surface area contributed by atoms with Crippen LogP contribution in [-0.2, 0) is 6.54 Å². The largest absolute Gasteiger partial charge is 0.399 e. The Balaban J connectivity index is 0.00000156. The van der Waals surface area contributed by atoms with Crippen LogP contribution < -0.4 is 5.73 Å². The van der Waals surface area contributed by atoms with Crippen molar-refractivity contribution in [1.82, 2.24) is 15.0 Å². The SMILES string of the molecule is Cc1cc(CN2CCN(C(=O)c3ccc(N)cc3Cl)CC2)on1.Cl.Cl. The van der Waals surface area contributed by atoms with Gasteiger partial charge >= 0.3 is 0 Å². The van der Waals surface area contributed by atoms with E-state index in [1.165, 1.54) is 0 Å². The van der Waals surface area contributed by atoms with Gasteiger partial charge in [0.05, 0.1) is 22.8 Å². The molecule has 0 spiro atoms. The van der Waals surface area contributed by atoms with E-state index in [0.717, 1.165) is 24.5 Å². The maximum atomic E-state index is 12.6. The van der Waals surface area contributed by atoms with Gasteiger partial charge in [0.1, 0.15) is 0 Å². The average Bonchev–Trinajstić information content (AvgIpc) is 2.92. The molecule has 0 unspecified atom stereocenters. The molecule has 138 valence electrons. The Morgan fingerprint density at radius 3 is 2.48 bits per heavy atom. The topological polar surface area (TPSA) is 75.6 Å². The van der Waals surface area contributed by atoms with Gasteiger partial charge in [0.25, 0.3) is 5.91 Å². The molecule has 9 heteroatoms. The van der Waals surface area contributed by atoms with Gasteiger partial charge in [-0.15, -0.1) is 24.8 Å². The molecular formula is C16H21Cl3N4O2. The van der Waals surface area contributed by atoms with E-state index >= 15 is 0 Å². The summed E-state index contributed by atoms with van der Waals surface area (Å²) in [7, 11) is 0. The van der Waals surface area contributed by atoms with Gasteiger partial charge in [-0.3, -0.25) is 9.69 Å². The lowest BCUT2D eigenvalue weighted by atomic mass is 10.1. The fraction of sp³-hybridized carbons (Fsp3) is 0.375. The minimum Gasteiger partial charge on any atom is -0.399 e. The molecule has 1 saturated heterocycles. The van der Waals surface area contributed by atoms with E-state index in [1.807, 2.05) is 17.9 Å². The second-order valence-electron chi connectivity index (χ2n) is 5.74. The third-order valence-electron chi connectivity index (χ3n) is 3.94. The molecular weight excluding hydrogens is 387 g/mol. The van der Waals surface area contributed by atoms with Crippen LogP contribution in [0.2, 0.25) is 5.02 Å². The Hall–Kier alpha value is -1.47. The quantitative estimate of drug-likeness (QED) is 0.792. The Labute approximate surface area is 164 Å². The molecule has 0 saturated carbocycles. The number of aryl methyl sites for hydroxylation is 1. The number of piperazine rings is 1. The minimum atomic E-state index is -0.0508. The van der Waals surface area contributed by atoms with Crippen LogP contribution >= 0.6 is 36.4 Å². The molecule has 0 aliphatic carbocycles. The van der Waals surface area contributed by atoms with Gasteiger partial charge < -0.3 is 15.2 Å². The molecule has 1 amide bonds. The first-order valence-corrected chi connectivity index (χ1v) is 7.89. The summed E-state index contributed by atoms with van der Waals surface area (Å²) in [5.74, 6) is 0.800. The third kappa shape index (κ3) is 5.25. The van der Waals surface area contributed by atoms with Crippen LogP contribution in [0.4, 0.5) is 5.69 Å². The van der Waals surface area contributed by atoms with Gasteiger partial charge in [-0.25, -0.2) is 0 Å². The van der Waals surface area contributed by atoms with E-state index in [0.29, 0.717) is 35.9 Å². The number of rotatable bonds is 3. The normalized spacial score (nSPS) is 14.6. The van der Waals surface area contributed by atoms with Crippen molar-refractivity contribution in [2.75, 3.05) is 31.9 Å². The average molecular weight is 408 g/mol. The molecule has 0 atom stereocenters. The molecule has 6 nitrogen and oxygen atoms in total. The Bertz CT molecular complexity index is 715. The number of carbonyl (C=O) groups is 1. The molecule has 3 rings (SSSR count). The number of nitrogen functional groups attached to an aromatic ring is 1.